The van der Waals surface area contributed by atoms with E-state index in [2.05, 4.69) is 34.3 Å². The topological polar surface area (TPSA) is 74.1 Å². The molecule has 2 aromatic rings. The van der Waals surface area contributed by atoms with E-state index in [0.717, 1.165) is 24.3 Å². The summed E-state index contributed by atoms with van der Waals surface area (Å²) in [4.78, 5) is 25.9. The molecule has 0 saturated carbocycles. The Morgan fingerprint density at radius 1 is 1.04 bits per heavy atom. The molecule has 0 aliphatic rings. The Kier molecular flexibility index (Phi) is 8.62. The van der Waals surface area contributed by atoms with Crippen LogP contribution in [0.15, 0.2) is 58.8 Å². The lowest BCUT2D eigenvalue weighted by molar-refractivity contribution is -0.127. The van der Waals surface area contributed by atoms with Crippen molar-refractivity contribution in [2.75, 3.05) is 24.5 Å². The summed E-state index contributed by atoms with van der Waals surface area (Å²) < 4.78 is 0. The summed E-state index contributed by atoms with van der Waals surface area (Å²) in [7, 11) is 0. The maximum atomic E-state index is 12.0. The molecule has 0 unspecified atom stereocenters. The minimum atomic E-state index is -0.328. The van der Waals surface area contributed by atoms with Crippen molar-refractivity contribution in [3.63, 3.8) is 0 Å². The van der Waals surface area contributed by atoms with Gasteiger partial charge in [0.05, 0.1) is 17.1 Å². The Balaban J connectivity index is 1.86. The van der Waals surface area contributed by atoms with Gasteiger partial charge in [-0.3, -0.25) is 9.59 Å². The van der Waals surface area contributed by atoms with Crippen LogP contribution in [0.4, 0.5) is 11.4 Å². The number of carbonyl (C=O) groups is 2. The maximum absolute atomic E-state index is 12.0. The van der Waals surface area contributed by atoms with Gasteiger partial charge < -0.3 is 10.2 Å². The predicted molar refractivity (Wildman–Crippen MR) is 112 cm³/mol. The summed E-state index contributed by atoms with van der Waals surface area (Å²) in [6, 6.07) is 15.0. The van der Waals surface area contributed by atoms with Gasteiger partial charge in [0, 0.05) is 19.6 Å². The van der Waals surface area contributed by atoms with E-state index >= 15 is 0 Å². The molecule has 1 amide bonds. The highest BCUT2D eigenvalue weighted by Crippen LogP contribution is 2.34. The normalized spacial score (nSPS) is 10.8. The number of hydrogen-bond acceptors (Lipinski definition) is 5. The summed E-state index contributed by atoms with van der Waals surface area (Å²) in [6.07, 6.45) is -0.223. The summed E-state index contributed by atoms with van der Waals surface area (Å²) in [5.41, 5.74) is 2.37. The smallest absolute Gasteiger partial charge is 0.227 e. The minimum Gasteiger partial charge on any atom is -0.371 e. The van der Waals surface area contributed by atoms with E-state index in [0.29, 0.717) is 17.3 Å². The minimum absolute atomic E-state index is 0.162. The highest BCUT2D eigenvalue weighted by atomic mass is 35.5. The number of halogens is 1. The van der Waals surface area contributed by atoms with Gasteiger partial charge in [0.15, 0.2) is 5.78 Å². The molecule has 0 atom stereocenters. The summed E-state index contributed by atoms with van der Waals surface area (Å²) in [6.45, 7) is 5.98. The Morgan fingerprint density at radius 3 is 2.43 bits per heavy atom. The largest absolute Gasteiger partial charge is 0.371 e. The monoisotopic (exact) mass is 400 g/mol. The first-order chi connectivity index (χ1) is 13.5. The highest BCUT2D eigenvalue weighted by molar-refractivity contribution is 6.35. The number of anilines is 1. The van der Waals surface area contributed by atoms with E-state index < -0.39 is 0 Å². The third-order valence-corrected chi connectivity index (χ3v) is 4.57. The van der Waals surface area contributed by atoms with Crippen LogP contribution in [0.2, 0.25) is 5.02 Å². The molecule has 0 bridgehead atoms. The van der Waals surface area contributed by atoms with Gasteiger partial charge in [0.2, 0.25) is 5.91 Å². The molecular weight excluding hydrogens is 376 g/mol. The third-order valence-electron chi connectivity index (χ3n) is 4.18. The van der Waals surface area contributed by atoms with Gasteiger partial charge >= 0.3 is 0 Å². The molecule has 6 nitrogen and oxygen atoms in total. The average molecular weight is 401 g/mol. The van der Waals surface area contributed by atoms with Crippen molar-refractivity contribution < 1.29 is 9.59 Å². The zero-order chi connectivity index (χ0) is 20.4. The first-order valence-electron chi connectivity index (χ1n) is 9.28. The zero-order valence-electron chi connectivity index (χ0n) is 16.2. The summed E-state index contributed by atoms with van der Waals surface area (Å²) in [5, 5.41) is 11.2. The molecule has 0 spiro atoms. The van der Waals surface area contributed by atoms with Crippen LogP contribution in [-0.4, -0.2) is 31.3 Å². The summed E-state index contributed by atoms with van der Waals surface area (Å²) >= 11 is 6.42. The average Bonchev–Trinajstić information content (AvgIpc) is 2.70. The van der Waals surface area contributed by atoms with E-state index in [4.69, 9.17) is 11.6 Å². The van der Waals surface area contributed by atoms with Gasteiger partial charge in [-0.15, -0.1) is 0 Å². The van der Waals surface area contributed by atoms with E-state index in [9.17, 15) is 9.59 Å². The van der Waals surface area contributed by atoms with E-state index in [1.807, 2.05) is 42.5 Å². The van der Waals surface area contributed by atoms with Crippen LogP contribution in [-0.2, 0) is 16.1 Å². The van der Waals surface area contributed by atoms with Crippen LogP contribution in [0.25, 0.3) is 0 Å². The first-order valence-corrected chi connectivity index (χ1v) is 9.66. The van der Waals surface area contributed by atoms with Crippen molar-refractivity contribution >= 4 is 34.7 Å². The molecule has 0 heterocycles. The number of rotatable bonds is 10. The Labute approximate surface area is 170 Å². The molecule has 0 aliphatic carbocycles. The molecule has 0 aliphatic heterocycles. The number of benzene rings is 2. The van der Waals surface area contributed by atoms with Crippen molar-refractivity contribution in [2.45, 2.75) is 26.8 Å². The zero-order valence-corrected chi connectivity index (χ0v) is 16.9. The molecule has 0 aromatic heterocycles. The Bertz CT molecular complexity index is 820. The van der Waals surface area contributed by atoms with Crippen LogP contribution in [0, 0.1) is 0 Å². The summed E-state index contributed by atoms with van der Waals surface area (Å²) in [5.74, 6) is -0.629. The molecule has 0 radical (unpaired) electrons. The number of Topliss-reactive ketones (excluding diaryl/α,β-unsaturated/α-hetero) is 1. The Morgan fingerprint density at radius 2 is 1.75 bits per heavy atom. The van der Waals surface area contributed by atoms with Crippen LogP contribution in [0.1, 0.15) is 25.8 Å². The number of nitrogens with one attached hydrogen (secondary N) is 1. The SMILES string of the molecule is CCN(CC)c1cccc(N=NCC(=O)CC(=O)NCc2ccccc2)c1Cl. The molecule has 2 aromatic carbocycles. The molecule has 0 saturated heterocycles. The predicted octanol–water partition coefficient (Wildman–Crippen LogP) is 4.55. The van der Waals surface area contributed by atoms with E-state index in [1.54, 1.807) is 6.07 Å². The fourth-order valence-electron chi connectivity index (χ4n) is 2.68. The van der Waals surface area contributed by atoms with E-state index in [1.165, 1.54) is 0 Å². The lowest BCUT2D eigenvalue weighted by Crippen LogP contribution is -2.25. The molecule has 28 heavy (non-hydrogen) atoms. The third kappa shape index (κ3) is 6.46. The molecule has 2 rings (SSSR count). The maximum Gasteiger partial charge on any atom is 0.227 e. The number of ketones is 1. The second-order valence-electron chi connectivity index (χ2n) is 6.16. The first kappa shape index (κ1) is 21.6. The standard InChI is InChI=1S/C21H25ClN4O2/c1-3-26(4-2)19-12-8-11-18(21(19)22)25-24-15-17(27)13-20(28)23-14-16-9-6-5-7-10-16/h5-12H,3-4,13-15H2,1-2H3,(H,23,28). The number of hydrogen-bond donors (Lipinski definition) is 1. The van der Waals surface area contributed by atoms with Gasteiger partial charge in [0.1, 0.15) is 12.2 Å². The van der Waals surface area contributed by atoms with Crippen LogP contribution in [0.3, 0.4) is 0 Å². The van der Waals surface area contributed by atoms with Gasteiger partial charge in [-0.1, -0.05) is 48.0 Å². The van der Waals surface area contributed by atoms with Crippen LogP contribution >= 0.6 is 11.6 Å². The van der Waals surface area contributed by atoms with E-state index in [-0.39, 0.29) is 24.7 Å². The molecular formula is C21H25ClN4O2. The van der Waals surface area contributed by atoms with Crippen molar-refractivity contribution in [1.82, 2.24) is 5.32 Å². The molecule has 1 N–H and O–H groups in total. The van der Waals surface area contributed by atoms with Gasteiger partial charge in [-0.2, -0.15) is 10.2 Å². The number of carbonyl (C=O) groups excluding carboxylic acids is 2. The Hall–Kier alpha value is -2.73. The van der Waals surface area contributed by atoms with Gasteiger partial charge in [0.25, 0.3) is 0 Å². The lowest BCUT2D eigenvalue weighted by atomic mass is 10.2. The van der Waals surface area contributed by atoms with Crippen molar-refractivity contribution in [3.8, 4) is 0 Å². The second-order valence-corrected chi connectivity index (χ2v) is 6.54. The molecule has 148 valence electrons. The molecule has 0 fully saturated rings. The van der Waals surface area contributed by atoms with Crippen molar-refractivity contribution in [3.05, 3.63) is 59.1 Å². The number of azo groups is 1. The van der Waals surface area contributed by atoms with Crippen LogP contribution in [0.5, 0.6) is 0 Å². The fraction of sp³-hybridized carbons (Fsp3) is 0.333. The quantitative estimate of drug-likeness (QED) is 0.469. The van der Waals surface area contributed by atoms with Gasteiger partial charge in [-0.25, -0.2) is 0 Å². The van der Waals surface area contributed by atoms with Crippen molar-refractivity contribution in [2.24, 2.45) is 10.2 Å². The second kappa shape index (κ2) is 11.2. The van der Waals surface area contributed by atoms with Gasteiger partial charge in [-0.05, 0) is 31.5 Å². The number of nitrogens with zero attached hydrogens (tertiary/aromatic N) is 3. The van der Waals surface area contributed by atoms with Crippen LogP contribution < -0.4 is 10.2 Å². The molecule has 7 heteroatoms. The number of amides is 1. The highest BCUT2D eigenvalue weighted by Gasteiger charge is 2.11. The lowest BCUT2D eigenvalue weighted by Gasteiger charge is -2.22. The van der Waals surface area contributed by atoms with Crippen molar-refractivity contribution in [1.29, 1.82) is 0 Å². The fourth-order valence-corrected chi connectivity index (χ4v) is 2.96.